The van der Waals surface area contributed by atoms with E-state index in [1.54, 1.807) is 6.92 Å². The van der Waals surface area contributed by atoms with Crippen molar-refractivity contribution in [1.82, 2.24) is 5.32 Å². The Balaban J connectivity index is 2.21. The minimum Gasteiger partial charge on any atom is -0.388 e. The molecule has 112 valence electrons. The van der Waals surface area contributed by atoms with Crippen molar-refractivity contribution in [1.29, 1.82) is 0 Å². The fourth-order valence-corrected chi connectivity index (χ4v) is 2.26. The van der Waals surface area contributed by atoms with Crippen LogP contribution < -0.4 is 5.32 Å². The van der Waals surface area contributed by atoms with E-state index in [0.29, 0.717) is 5.92 Å². The minimum absolute atomic E-state index is 0.103. The number of amides is 1. The molecular weight excluding hydrogens is 242 g/mol. The van der Waals surface area contributed by atoms with Crippen LogP contribution in [0, 0.1) is 11.8 Å². The Labute approximate surface area is 116 Å². The Morgan fingerprint density at radius 2 is 2.16 bits per heavy atom. The Hall–Kier alpha value is -0.610. The van der Waals surface area contributed by atoms with Gasteiger partial charge in [0.15, 0.2) is 0 Å². The first-order chi connectivity index (χ1) is 8.81. The lowest BCUT2D eigenvalue weighted by molar-refractivity contribution is -0.130. The van der Waals surface area contributed by atoms with Gasteiger partial charge in [-0.15, -0.1) is 0 Å². The van der Waals surface area contributed by atoms with Gasteiger partial charge in [0.25, 0.3) is 0 Å². The molecule has 1 amide bonds. The first kappa shape index (κ1) is 16.4. The molecule has 3 unspecified atom stereocenters. The molecule has 0 bridgehead atoms. The number of carbonyl (C=O) groups is 1. The van der Waals surface area contributed by atoms with Crippen LogP contribution in [0.1, 0.15) is 53.4 Å². The zero-order valence-electron chi connectivity index (χ0n) is 12.7. The van der Waals surface area contributed by atoms with Crippen LogP contribution in [0.4, 0.5) is 0 Å². The molecule has 0 radical (unpaired) electrons. The highest BCUT2D eigenvalue weighted by Gasteiger charge is 2.25. The number of nitrogens with one attached hydrogen (secondary N) is 1. The lowest BCUT2D eigenvalue weighted by Crippen LogP contribution is -2.45. The van der Waals surface area contributed by atoms with Gasteiger partial charge >= 0.3 is 0 Å². The van der Waals surface area contributed by atoms with Gasteiger partial charge in [0.2, 0.25) is 5.91 Å². The highest BCUT2D eigenvalue weighted by molar-refractivity contribution is 5.77. The maximum absolute atomic E-state index is 11.7. The lowest BCUT2D eigenvalue weighted by atomic mass is 9.89. The summed E-state index contributed by atoms with van der Waals surface area (Å²) < 4.78 is 5.65. The number of ether oxygens (including phenoxy) is 1. The van der Waals surface area contributed by atoms with E-state index < -0.39 is 5.60 Å². The summed E-state index contributed by atoms with van der Waals surface area (Å²) in [6, 6.07) is 0. The Bertz CT molecular complexity index is 289. The summed E-state index contributed by atoms with van der Waals surface area (Å²) in [7, 11) is 0. The molecule has 1 aliphatic rings. The fourth-order valence-electron chi connectivity index (χ4n) is 2.26. The first-order valence-corrected chi connectivity index (χ1v) is 7.42. The molecule has 0 saturated heterocycles. The van der Waals surface area contributed by atoms with Gasteiger partial charge < -0.3 is 15.2 Å². The standard InChI is InChI=1S/C15H29NO3/c1-11(2)15(4,18)10-16-14(17)9-19-13-7-5-6-12(3)8-13/h11-13,18H,5-10H2,1-4H3,(H,16,17). The van der Waals surface area contributed by atoms with Crippen LogP contribution in [0.25, 0.3) is 0 Å². The average molecular weight is 271 g/mol. The van der Waals surface area contributed by atoms with Crippen LogP contribution in [-0.2, 0) is 9.53 Å². The monoisotopic (exact) mass is 271 g/mol. The average Bonchev–Trinajstić information content (AvgIpc) is 2.34. The second-order valence-corrected chi connectivity index (χ2v) is 6.49. The Morgan fingerprint density at radius 1 is 1.47 bits per heavy atom. The Kier molecular flexibility index (Phi) is 6.27. The van der Waals surface area contributed by atoms with Crippen molar-refractivity contribution in [2.45, 2.75) is 65.1 Å². The van der Waals surface area contributed by atoms with Gasteiger partial charge in [-0.25, -0.2) is 0 Å². The van der Waals surface area contributed by atoms with Crippen LogP contribution in [0.3, 0.4) is 0 Å². The van der Waals surface area contributed by atoms with Crippen LogP contribution in [0.2, 0.25) is 0 Å². The number of rotatable bonds is 6. The van der Waals surface area contributed by atoms with Gasteiger partial charge in [-0.1, -0.05) is 33.6 Å². The van der Waals surface area contributed by atoms with Gasteiger partial charge in [-0.3, -0.25) is 4.79 Å². The van der Waals surface area contributed by atoms with Crippen LogP contribution in [0.15, 0.2) is 0 Å². The lowest BCUT2D eigenvalue weighted by Gasteiger charge is -2.28. The topological polar surface area (TPSA) is 58.6 Å². The summed E-state index contributed by atoms with van der Waals surface area (Å²) >= 11 is 0. The minimum atomic E-state index is -0.866. The molecule has 1 rings (SSSR count). The summed E-state index contributed by atoms with van der Waals surface area (Å²) in [5, 5.41) is 12.8. The van der Waals surface area contributed by atoms with E-state index in [1.807, 2.05) is 13.8 Å². The third-order valence-electron chi connectivity index (χ3n) is 4.23. The van der Waals surface area contributed by atoms with Crippen molar-refractivity contribution >= 4 is 5.91 Å². The quantitative estimate of drug-likeness (QED) is 0.778. The number of carbonyl (C=O) groups excluding carboxylic acids is 1. The molecule has 19 heavy (non-hydrogen) atoms. The van der Waals surface area contributed by atoms with Crippen LogP contribution >= 0.6 is 0 Å². The molecular formula is C15H29NO3. The highest BCUT2D eigenvalue weighted by atomic mass is 16.5. The van der Waals surface area contributed by atoms with E-state index in [1.165, 1.54) is 12.8 Å². The van der Waals surface area contributed by atoms with Gasteiger partial charge in [0, 0.05) is 6.54 Å². The van der Waals surface area contributed by atoms with E-state index in [0.717, 1.165) is 12.8 Å². The summed E-state index contributed by atoms with van der Waals surface area (Å²) in [5.74, 6) is 0.663. The van der Waals surface area contributed by atoms with Gasteiger partial charge in [0.1, 0.15) is 6.61 Å². The molecule has 4 heteroatoms. The van der Waals surface area contributed by atoms with Gasteiger partial charge in [-0.05, 0) is 31.6 Å². The Morgan fingerprint density at radius 3 is 2.74 bits per heavy atom. The second-order valence-electron chi connectivity index (χ2n) is 6.49. The van der Waals surface area contributed by atoms with Crippen molar-refractivity contribution in [3.63, 3.8) is 0 Å². The third-order valence-corrected chi connectivity index (χ3v) is 4.23. The summed E-state index contributed by atoms with van der Waals surface area (Å²) in [5.41, 5.74) is -0.866. The zero-order chi connectivity index (χ0) is 14.5. The number of hydrogen-bond donors (Lipinski definition) is 2. The third kappa shape index (κ3) is 5.91. The van der Waals surface area contributed by atoms with E-state index in [9.17, 15) is 9.90 Å². The molecule has 4 nitrogen and oxygen atoms in total. The van der Waals surface area contributed by atoms with Crippen molar-refractivity contribution in [3.05, 3.63) is 0 Å². The normalized spacial score (nSPS) is 27.1. The van der Waals surface area contributed by atoms with E-state index in [4.69, 9.17) is 4.74 Å². The molecule has 0 aromatic heterocycles. The molecule has 1 fully saturated rings. The van der Waals surface area contributed by atoms with Crippen molar-refractivity contribution < 1.29 is 14.6 Å². The fraction of sp³-hybridized carbons (Fsp3) is 0.933. The number of hydrogen-bond acceptors (Lipinski definition) is 3. The maximum Gasteiger partial charge on any atom is 0.246 e. The SMILES string of the molecule is CC1CCCC(OCC(=O)NCC(C)(O)C(C)C)C1. The van der Waals surface area contributed by atoms with E-state index in [2.05, 4.69) is 12.2 Å². The van der Waals surface area contributed by atoms with Crippen LogP contribution in [0.5, 0.6) is 0 Å². The maximum atomic E-state index is 11.7. The summed E-state index contributed by atoms with van der Waals surface area (Å²) in [6.07, 6.45) is 4.79. The molecule has 0 aliphatic heterocycles. The highest BCUT2D eigenvalue weighted by Crippen LogP contribution is 2.25. The molecule has 0 heterocycles. The molecule has 1 aliphatic carbocycles. The zero-order valence-corrected chi connectivity index (χ0v) is 12.7. The summed E-state index contributed by atoms with van der Waals surface area (Å²) in [4.78, 5) is 11.7. The van der Waals surface area contributed by atoms with Crippen LogP contribution in [-0.4, -0.2) is 35.9 Å². The predicted molar refractivity (Wildman–Crippen MR) is 75.8 cm³/mol. The molecule has 0 aromatic carbocycles. The van der Waals surface area contributed by atoms with E-state index in [-0.39, 0.29) is 31.1 Å². The predicted octanol–water partition coefficient (Wildman–Crippen LogP) is 2.10. The van der Waals surface area contributed by atoms with Gasteiger partial charge in [0.05, 0.1) is 11.7 Å². The smallest absolute Gasteiger partial charge is 0.246 e. The molecule has 2 N–H and O–H groups in total. The first-order valence-electron chi connectivity index (χ1n) is 7.42. The van der Waals surface area contributed by atoms with Crippen molar-refractivity contribution in [2.75, 3.05) is 13.2 Å². The molecule has 1 saturated carbocycles. The van der Waals surface area contributed by atoms with Crippen molar-refractivity contribution in [2.24, 2.45) is 11.8 Å². The number of aliphatic hydroxyl groups is 1. The largest absolute Gasteiger partial charge is 0.388 e. The van der Waals surface area contributed by atoms with E-state index >= 15 is 0 Å². The summed E-state index contributed by atoms with van der Waals surface area (Å²) in [6.45, 7) is 8.22. The molecule has 0 aromatic rings. The van der Waals surface area contributed by atoms with Crippen molar-refractivity contribution in [3.8, 4) is 0 Å². The molecule has 0 spiro atoms. The molecule has 3 atom stereocenters. The van der Waals surface area contributed by atoms with Gasteiger partial charge in [-0.2, -0.15) is 0 Å². The second kappa shape index (κ2) is 7.25.